The first-order valence-electron chi connectivity index (χ1n) is 8.91. The zero-order valence-corrected chi connectivity index (χ0v) is 15.0. The van der Waals surface area contributed by atoms with Gasteiger partial charge in [-0.05, 0) is 51.3 Å². The fourth-order valence-electron chi connectivity index (χ4n) is 3.52. The van der Waals surface area contributed by atoms with Crippen LogP contribution in [-0.4, -0.2) is 35.3 Å². The SMILES string of the molecule is CCN(C(=O)C(C)Nc1ccc(C)c(C(N)=O)c1)C1CCCCC1. The van der Waals surface area contributed by atoms with Crippen LogP contribution >= 0.6 is 0 Å². The molecule has 0 aromatic heterocycles. The summed E-state index contributed by atoms with van der Waals surface area (Å²) in [5.41, 5.74) is 7.47. The number of nitrogens with two attached hydrogens (primary N) is 1. The number of nitrogens with zero attached hydrogens (tertiary/aromatic N) is 1. The Bertz CT molecular complexity index is 594. The number of benzene rings is 1. The summed E-state index contributed by atoms with van der Waals surface area (Å²) in [6.45, 7) is 6.49. The largest absolute Gasteiger partial charge is 0.374 e. The number of nitrogens with one attached hydrogen (secondary N) is 1. The Balaban J connectivity index is 2.07. The maximum absolute atomic E-state index is 12.8. The summed E-state index contributed by atoms with van der Waals surface area (Å²) >= 11 is 0. The second-order valence-electron chi connectivity index (χ2n) is 6.68. The van der Waals surface area contributed by atoms with E-state index in [-0.39, 0.29) is 11.9 Å². The molecule has 0 bridgehead atoms. The van der Waals surface area contributed by atoms with Crippen LogP contribution in [0.4, 0.5) is 5.69 Å². The number of hydrogen-bond donors (Lipinski definition) is 2. The number of carbonyl (C=O) groups excluding carboxylic acids is 2. The molecule has 1 atom stereocenters. The van der Waals surface area contributed by atoms with E-state index in [2.05, 4.69) is 5.32 Å². The van der Waals surface area contributed by atoms with Gasteiger partial charge in [0.05, 0.1) is 0 Å². The molecule has 5 nitrogen and oxygen atoms in total. The number of anilines is 1. The Morgan fingerprint density at radius 2 is 1.96 bits per heavy atom. The van der Waals surface area contributed by atoms with Crippen LogP contribution in [-0.2, 0) is 4.79 Å². The Hall–Kier alpha value is -2.04. The maximum atomic E-state index is 12.8. The lowest BCUT2D eigenvalue weighted by Crippen LogP contribution is -2.47. The van der Waals surface area contributed by atoms with Gasteiger partial charge in [0, 0.05) is 23.8 Å². The summed E-state index contributed by atoms with van der Waals surface area (Å²) in [4.78, 5) is 26.3. The van der Waals surface area contributed by atoms with Crippen molar-refractivity contribution in [2.45, 2.75) is 65.0 Å². The molecular formula is C19H29N3O2. The van der Waals surface area contributed by atoms with E-state index in [0.29, 0.717) is 11.6 Å². The van der Waals surface area contributed by atoms with Crippen molar-refractivity contribution in [2.75, 3.05) is 11.9 Å². The quantitative estimate of drug-likeness (QED) is 0.841. The number of rotatable bonds is 6. The molecule has 1 aliphatic rings. The number of hydrogen-bond acceptors (Lipinski definition) is 3. The molecule has 2 rings (SSSR count). The number of likely N-dealkylation sites (N-methyl/N-ethyl adjacent to an activating group) is 1. The summed E-state index contributed by atoms with van der Waals surface area (Å²) in [6.07, 6.45) is 5.88. The van der Waals surface area contributed by atoms with Crippen molar-refractivity contribution in [3.05, 3.63) is 29.3 Å². The van der Waals surface area contributed by atoms with Crippen LogP contribution < -0.4 is 11.1 Å². The van der Waals surface area contributed by atoms with Crippen LogP contribution in [0.15, 0.2) is 18.2 Å². The van der Waals surface area contributed by atoms with E-state index in [1.54, 1.807) is 6.07 Å². The van der Waals surface area contributed by atoms with E-state index in [0.717, 1.165) is 30.6 Å². The van der Waals surface area contributed by atoms with Gasteiger partial charge >= 0.3 is 0 Å². The molecule has 1 aromatic rings. The Kier molecular flexibility index (Phi) is 6.23. The smallest absolute Gasteiger partial charge is 0.249 e. The first-order chi connectivity index (χ1) is 11.4. The van der Waals surface area contributed by atoms with Crippen LogP contribution in [0, 0.1) is 6.92 Å². The predicted molar refractivity (Wildman–Crippen MR) is 97.0 cm³/mol. The van der Waals surface area contributed by atoms with Crippen molar-refractivity contribution in [1.29, 1.82) is 0 Å². The summed E-state index contributed by atoms with van der Waals surface area (Å²) in [5.74, 6) is -0.335. The third-order valence-corrected chi connectivity index (χ3v) is 4.90. The fourth-order valence-corrected chi connectivity index (χ4v) is 3.52. The summed E-state index contributed by atoms with van der Waals surface area (Å²) in [6, 6.07) is 5.47. The van der Waals surface area contributed by atoms with Crippen molar-refractivity contribution < 1.29 is 9.59 Å². The van der Waals surface area contributed by atoms with E-state index < -0.39 is 5.91 Å². The Labute approximate surface area is 144 Å². The van der Waals surface area contributed by atoms with Gasteiger partial charge < -0.3 is 16.0 Å². The highest BCUT2D eigenvalue weighted by Gasteiger charge is 2.27. The van der Waals surface area contributed by atoms with Crippen molar-refractivity contribution in [1.82, 2.24) is 4.90 Å². The van der Waals surface area contributed by atoms with Gasteiger partial charge in [-0.25, -0.2) is 0 Å². The van der Waals surface area contributed by atoms with E-state index >= 15 is 0 Å². The summed E-state index contributed by atoms with van der Waals surface area (Å²) in [7, 11) is 0. The Morgan fingerprint density at radius 1 is 1.29 bits per heavy atom. The molecule has 1 unspecified atom stereocenters. The summed E-state index contributed by atoms with van der Waals surface area (Å²) in [5, 5.41) is 3.22. The van der Waals surface area contributed by atoms with Gasteiger partial charge in [-0.3, -0.25) is 9.59 Å². The zero-order valence-electron chi connectivity index (χ0n) is 15.0. The third-order valence-electron chi connectivity index (χ3n) is 4.90. The molecule has 0 aliphatic heterocycles. The molecule has 5 heteroatoms. The number of aryl methyl sites for hydroxylation is 1. The number of carbonyl (C=O) groups is 2. The molecule has 132 valence electrons. The molecular weight excluding hydrogens is 302 g/mol. The highest BCUT2D eigenvalue weighted by Crippen LogP contribution is 2.23. The molecule has 2 amide bonds. The van der Waals surface area contributed by atoms with Crippen LogP contribution in [0.5, 0.6) is 0 Å². The van der Waals surface area contributed by atoms with Crippen molar-refractivity contribution >= 4 is 17.5 Å². The monoisotopic (exact) mass is 331 g/mol. The number of primary amides is 1. The molecule has 0 radical (unpaired) electrons. The van der Waals surface area contributed by atoms with Crippen molar-refractivity contribution in [2.24, 2.45) is 5.73 Å². The fraction of sp³-hybridized carbons (Fsp3) is 0.579. The topological polar surface area (TPSA) is 75.4 Å². The molecule has 0 spiro atoms. The first kappa shape index (κ1) is 18.3. The molecule has 1 aliphatic carbocycles. The van der Waals surface area contributed by atoms with Crippen LogP contribution in [0.25, 0.3) is 0 Å². The second-order valence-corrected chi connectivity index (χ2v) is 6.68. The molecule has 0 saturated heterocycles. The highest BCUT2D eigenvalue weighted by atomic mass is 16.2. The van der Waals surface area contributed by atoms with E-state index in [4.69, 9.17) is 5.73 Å². The normalized spacial score (nSPS) is 16.5. The van der Waals surface area contributed by atoms with Crippen molar-refractivity contribution in [3.8, 4) is 0 Å². The lowest BCUT2D eigenvalue weighted by molar-refractivity contribution is -0.134. The molecule has 1 fully saturated rings. The van der Waals surface area contributed by atoms with Gasteiger partial charge in [-0.2, -0.15) is 0 Å². The predicted octanol–water partition coefficient (Wildman–Crippen LogP) is 3.08. The van der Waals surface area contributed by atoms with Gasteiger partial charge in [-0.1, -0.05) is 25.3 Å². The third kappa shape index (κ3) is 4.28. The number of amides is 2. The standard InChI is InChI=1S/C19H29N3O2/c1-4-22(16-8-6-5-7-9-16)19(24)14(3)21-15-11-10-13(2)17(12-15)18(20)23/h10-12,14,16,21H,4-9H2,1-3H3,(H2,20,23). The second kappa shape index (κ2) is 8.18. The van der Waals surface area contributed by atoms with Gasteiger partial charge in [0.2, 0.25) is 11.8 Å². The minimum atomic E-state index is -0.451. The van der Waals surface area contributed by atoms with Gasteiger partial charge in [0.25, 0.3) is 0 Å². The Morgan fingerprint density at radius 3 is 2.54 bits per heavy atom. The minimum absolute atomic E-state index is 0.116. The molecule has 3 N–H and O–H groups in total. The average molecular weight is 331 g/mol. The summed E-state index contributed by atoms with van der Waals surface area (Å²) < 4.78 is 0. The van der Waals surface area contributed by atoms with Crippen LogP contribution in [0.1, 0.15) is 61.9 Å². The lowest BCUT2D eigenvalue weighted by Gasteiger charge is -2.35. The average Bonchev–Trinajstić information content (AvgIpc) is 2.57. The van der Waals surface area contributed by atoms with Crippen LogP contribution in [0.3, 0.4) is 0 Å². The molecule has 1 aromatic carbocycles. The lowest BCUT2D eigenvalue weighted by atomic mass is 9.94. The minimum Gasteiger partial charge on any atom is -0.374 e. The first-order valence-corrected chi connectivity index (χ1v) is 8.91. The van der Waals surface area contributed by atoms with Gasteiger partial charge in [0.1, 0.15) is 6.04 Å². The van der Waals surface area contributed by atoms with Gasteiger partial charge in [0.15, 0.2) is 0 Å². The zero-order chi connectivity index (χ0) is 17.7. The van der Waals surface area contributed by atoms with E-state index in [1.807, 2.05) is 37.8 Å². The molecule has 0 heterocycles. The van der Waals surface area contributed by atoms with Gasteiger partial charge in [-0.15, -0.1) is 0 Å². The highest BCUT2D eigenvalue weighted by molar-refractivity contribution is 5.95. The van der Waals surface area contributed by atoms with E-state index in [1.165, 1.54) is 19.3 Å². The van der Waals surface area contributed by atoms with Crippen molar-refractivity contribution in [3.63, 3.8) is 0 Å². The molecule has 1 saturated carbocycles. The van der Waals surface area contributed by atoms with E-state index in [9.17, 15) is 9.59 Å². The maximum Gasteiger partial charge on any atom is 0.249 e. The van der Waals surface area contributed by atoms with Crippen LogP contribution in [0.2, 0.25) is 0 Å². The molecule has 24 heavy (non-hydrogen) atoms.